The number of hydrogen-bond donors (Lipinski definition) is 0. The lowest BCUT2D eigenvalue weighted by Crippen LogP contribution is -2.41. The van der Waals surface area contributed by atoms with Crippen LogP contribution < -0.4 is 10.3 Å². The van der Waals surface area contributed by atoms with E-state index in [2.05, 4.69) is 11.1 Å². The summed E-state index contributed by atoms with van der Waals surface area (Å²) in [7, 11) is -0.558. The Morgan fingerprint density at radius 1 is 1.24 bits per heavy atom. The number of pyridine rings is 1. The number of nitriles is 1. The highest BCUT2D eigenvalue weighted by Crippen LogP contribution is 2.36. The molecule has 0 atom stereocenters. The van der Waals surface area contributed by atoms with Crippen LogP contribution in [0.4, 0.5) is 0 Å². The highest BCUT2D eigenvalue weighted by molar-refractivity contribution is 6.61. The molecule has 0 amide bonds. The molecule has 0 unspecified atom stereocenters. The minimum Gasteiger partial charge on any atom is -0.487 e. The summed E-state index contributed by atoms with van der Waals surface area (Å²) in [4.78, 5) is 4.35. The van der Waals surface area contributed by atoms with Crippen molar-refractivity contribution in [3.05, 3.63) is 17.8 Å². The van der Waals surface area contributed by atoms with Crippen molar-refractivity contribution in [3.8, 4) is 11.8 Å². The smallest absolute Gasteiger partial charge is 0.487 e. The Kier molecular flexibility index (Phi) is 3.23. The minimum atomic E-state index is -0.558. The van der Waals surface area contributed by atoms with Crippen molar-refractivity contribution < 1.29 is 14.0 Å². The SMILES string of the molecule is CC1(C)OB(c2ccc(OC3CC3)c(C#N)n2)OC1(C)C. The van der Waals surface area contributed by atoms with Gasteiger partial charge in [0.25, 0.3) is 0 Å². The van der Waals surface area contributed by atoms with Gasteiger partial charge in [0.1, 0.15) is 6.07 Å². The molecule has 6 heteroatoms. The lowest BCUT2D eigenvalue weighted by Gasteiger charge is -2.32. The van der Waals surface area contributed by atoms with Crippen LogP contribution in [0.2, 0.25) is 0 Å². The van der Waals surface area contributed by atoms with E-state index in [1.807, 2.05) is 27.7 Å². The quantitative estimate of drug-likeness (QED) is 0.793. The van der Waals surface area contributed by atoms with Crippen molar-refractivity contribution in [3.63, 3.8) is 0 Å². The van der Waals surface area contributed by atoms with Gasteiger partial charge in [-0.1, -0.05) is 0 Å². The first-order valence-electron chi connectivity index (χ1n) is 7.26. The summed E-state index contributed by atoms with van der Waals surface area (Å²) in [5, 5.41) is 9.25. The third kappa shape index (κ3) is 2.64. The summed E-state index contributed by atoms with van der Waals surface area (Å²) in [6.07, 6.45) is 2.33. The van der Waals surface area contributed by atoms with Gasteiger partial charge in [-0.05, 0) is 52.7 Å². The molecular formula is C15H19BN2O3. The van der Waals surface area contributed by atoms with Crippen LogP contribution in [0.1, 0.15) is 46.2 Å². The molecule has 5 nitrogen and oxygen atoms in total. The number of ether oxygens (including phenoxy) is 1. The summed E-state index contributed by atoms with van der Waals surface area (Å²) in [6, 6.07) is 5.68. The number of nitrogens with zero attached hydrogens (tertiary/aromatic N) is 2. The Labute approximate surface area is 125 Å². The normalized spacial score (nSPS) is 22.9. The topological polar surface area (TPSA) is 64.4 Å². The molecule has 0 N–H and O–H groups in total. The van der Waals surface area contributed by atoms with Gasteiger partial charge >= 0.3 is 7.12 Å². The largest absolute Gasteiger partial charge is 0.514 e. The fourth-order valence-corrected chi connectivity index (χ4v) is 2.10. The van der Waals surface area contributed by atoms with E-state index in [4.69, 9.17) is 14.0 Å². The van der Waals surface area contributed by atoms with Gasteiger partial charge < -0.3 is 14.0 Å². The van der Waals surface area contributed by atoms with E-state index in [9.17, 15) is 5.26 Å². The fourth-order valence-electron chi connectivity index (χ4n) is 2.10. The van der Waals surface area contributed by atoms with Gasteiger partial charge in [0.2, 0.25) is 0 Å². The van der Waals surface area contributed by atoms with Gasteiger partial charge in [-0.15, -0.1) is 0 Å². The second-order valence-electron chi connectivity index (χ2n) is 6.60. The van der Waals surface area contributed by atoms with Gasteiger partial charge in [0, 0.05) is 0 Å². The molecule has 2 aliphatic rings. The third-order valence-electron chi connectivity index (χ3n) is 4.30. The van der Waals surface area contributed by atoms with Crippen molar-refractivity contribution in [2.24, 2.45) is 0 Å². The van der Waals surface area contributed by atoms with E-state index in [1.165, 1.54) is 0 Å². The molecule has 1 aromatic rings. The summed E-state index contributed by atoms with van der Waals surface area (Å²) in [5.41, 5.74) is 0.0486. The molecule has 21 heavy (non-hydrogen) atoms. The molecular weight excluding hydrogens is 267 g/mol. The van der Waals surface area contributed by atoms with E-state index in [-0.39, 0.29) is 11.8 Å². The monoisotopic (exact) mass is 286 g/mol. The van der Waals surface area contributed by atoms with Crippen LogP contribution in [0.3, 0.4) is 0 Å². The maximum Gasteiger partial charge on any atom is 0.514 e. The zero-order chi connectivity index (χ0) is 15.3. The molecule has 1 aliphatic carbocycles. The van der Waals surface area contributed by atoms with Crippen molar-refractivity contribution in [2.45, 2.75) is 57.8 Å². The molecule has 110 valence electrons. The van der Waals surface area contributed by atoms with Crippen LogP contribution in [0.5, 0.6) is 5.75 Å². The molecule has 0 aromatic carbocycles. The van der Waals surface area contributed by atoms with E-state index in [0.717, 1.165) is 12.8 Å². The standard InChI is InChI=1S/C15H19BN2O3/c1-14(2)15(3,4)21-16(20-14)13-8-7-12(11(9-17)18-13)19-10-5-6-10/h7-8,10H,5-6H2,1-4H3. The van der Waals surface area contributed by atoms with Crippen molar-refractivity contribution in [1.82, 2.24) is 4.98 Å². The lowest BCUT2D eigenvalue weighted by atomic mass is 9.84. The molecule has 1 aromatic heterocycles. The predicted molar refractivity (Wildman–Crippen MR) is 78.3 cm³/mol. The fraction of sp³-hybridized carbons (Fsp3) is 0.600. The second kappa shape index (κ2) is 4.72. The first kappa shape index (κ1) is 14.4. The lowest BCUT2D eigenvalue weighted by molar-refractivity contribution is 0.00578. The second-order valence-corrected chi connectivity index (χ2v) is 6.60. The molecule has 3 rings (SSSR count). The van der Waals surface area contributed by atoms with Gasteiger partial charge in [-0.2, -0.15) is 5.26 Å². The third-order valence-corrected chi connectivity index (χ3v) is 4.30. The van der Waals surface area contributed by atoms with Crippen LogP contribution in [-0.2, 0) is 9.31 Å². The number of hydrogen-bond acceptors (Lipinski definition) is 5. The zero-order valence-electron chi connectivity index (χ0n) is 12.8. The summed E-state index contributed by atoms with van der Waals surface area (Å²) in [5.74, 6) is 0.542. The molecule has 2 heterocycles. The average Bonchev–Trinajstić information content (AvgIpc) is 3.17. The average molecular weight is 286 g/mol. The zero-order valence-corrected chi connectivity index (χ0v) is 12.8. The van der Waals surface area contributed by atoms with E-state index >= 15 is 0 Å². The molecule has 2 fully saturated rings. The Hall–Kier alpha value is -1.58. The first-order valence-corrected chi connectivity index (χ1v) is 7.26. The molecule has 1 saturated heterocycles. The van der Waals surface area contributed by atoms with E-state index in [0.29, 0.717) is 11.3 Å². The summed E-state index contributed by atoms with van der Waals surface area (Å²) < 4.78 is 17.6. The van der Waals surface area contributed by atoms with Gasteiger partial charge in [-0.3, -0.25) is 0 Å². The molecule has 1 saturated carbocycles. The Bertz CT molecular complexity index is 589. The minimum absolute atomic E-state index is 0.238. The van der Waals surface area contributed by atoms with Crippen molar-refractivity contribution >= 4 is 12.7 Å². The maximum atomic E-state index is 9.25. The summed E-state index contributed by atoms with van der Waals surface area (Å²) >= 11 is 0. The maximum absolute atomic E-state index is 9.25. The summed E-state index contributed by atoms with van der Waals surface area (Å²) in [6.45, 7) is 7.96. The molecule has 0 spiro atoms. The van der Waals surface area contributed by atoms with E-state index < -0.39 is 18.3 Å². The van der Waals surface area contributed by atoms with Gasteiger partial charge in [0.05, 0.1) is 22.9 Å². The highest BCUT2D eigenvalue weighted by Gasteiger charge is 2.52. The first-order chi connectivity index (χ1) is 9.82. The van der Waals surface area contributed by atoms with Crippen LogP contribution in [-0.4, -0.2) is 29.4 Å². The van der Waals surface area contributed by atoms with Crippen molar-refractivity contribution in [1.29, 1.82) is 5.26 Å². The Morgan fingerprint density at radius 2 is 1.86 bits per heavy atom. The number of rotatable bonds is 3. The molecule has 0 bridgehead atoms. The van der Waals surface area contributed by atoms with E-state index in [1.54, 1.807) is 12.1 Å². The van der Waals surface area contributed by atoms with Crippen LogP contribution in [0.25, 0.3) is 0 Å². The van der Waals surface area contributed by atoms with Crippen LogP contribution in [0.15, 0.2) is 12.1 Å². The molecule has 0 radical (unpaired) electrons. The predicted octanol–water partition coefficient (Wildman–Crippen LogP) is 1.79. The van der Waals surface area contributed by atoms with Gasteiger partial charge in [0.15, 0.2) is 11.4 Å². The Balaban J connectivity index is 1.85. The Morgan fingerprint density at radius 3 is 2.38 bits per heavy atom. The van der Waals surface area contributed by atoms with Crippen LogP contribution >= 0.6 is 0 Å². The molecule has 1 aliphatic heterocycles. The van der Waals surface area contributed by atoms with Crippen LogP contribution in [0, 0.1) is 11.3 Å². The number of aromatic nitrogens is 1. The van der Waals surface area contributed by atoms with Crippen molar-refractivity contribution in [2.75, 3.05) is 0 Å². The highest BCUT2D eigenvalue weighted by atomic mass is 16.7. The van der Waals surface area contributed by atoms with Gasteiger partial charge in [-0.25, -0.2) is 4.98 Å².